The topological polar surface area (TPSA) is 50.3 Å². The normalized spacial score (nSPS) is 12.2. The number of methoxy groups -OCH3 is 1. The summed E-state index contributed by atoms with van der Waals surface area (Å²) in [7, 11) is 3.70. The third-order valence-electron chi connectivity index (χ3n) is 2.61. The number of hydrogen-bond donors (Lipinski definition) is 1. The third-order valence-corrected chi connectivity index (χ3v) is 2.61. The monoisotopic (exact) mass is 238 g/mol. The summed E-state index contributed by atoms with van der Waals surface area (Å²) in [4.78, 5) is 10.8. The molecule has 1 atom stereocenters. The number of aromatic nitrogens is 2. The van der Waals surface area contributed by atoms with E-state index in [9.17, 15) is 0 Å². The van der Waals surface area contributed by atoms with E-state index in [0.29, 0.717) is 6.61 Å². The lowest BCUT2D eigenvalue weighted by molar-refractivity contribution is 0.183. The average Bonchev–Trinajstić information content (AvgIpc) is 2.36. The number of ether oxygens (including phenoxy) is 1. The largest absolute Gasteiger partial charge is 0.383 e. The van der Waals surface area contributed by atoms with E-state index in [1.165, 1.54) is 0 Å². The molecule has 0 aromatic carbocycles. The van der Waals surface area contributed by atoms with Gasteiger partial charge in [-0.05, 0) is 13.3 Å². The SMILES string of the molecule is CCCNc1cncc(N(C)C(C)COC)n1. The Labute approximate surface area is 103 Å². The van der Waals surface area contributed by atoms with Crippen LogP contribution in [0.1, 0.15) is 20.3 Å². The van der Waals surface area contributed by atoms with E-state index in [-0.39, 0.29) is 6.04 Å². The van der Waals surface area contributed by atoms with Gasteiger partial charge in [-0.1, -0.05) is 6.92 Å². The van der Waals surface area contributed by atoms with Crippen molar-refractivity contribution in [3.8, 4) is 0 Å². The highest BCUT2D eigenvalue weighted by Crippen LogP contribution is 2.13. The molecule has 1 aromatic rings. The number of anilines is 2. The molecule has 0 amide bonds. The molecule has 1 aromatic heterocycles. The van der Waals surface area contributed by atoms with Crippen LogP contribution >= 0.6 is 0 Å². The average molecular weight is 238 g/mol. The summed E-state index contributed by atoms with van der Waals surface area (Å²) >= 11 is 0. The molecule has 1 heterocycles. The van der Waals surface area contributed by atoms with Crippen LogP contribution < -0.4 is 10.2 Å². The number of hydrogen-bond acceptors (Lipinski definition) is 5. The van der Waals surface area contributed by atoms with Crippen molar-refractivity contribution in [2.75, 3.05) is 37.5 Å². The zero-order valence-electron chi connectivity index (χ0n) is 11.1. The molecule has 96 valence electrons. The Morgan fingerprint density at radius 2 is 2.24 bits per heavy atom. The zero-order valence-corrected chi connectivity index (χ0v) is 11.1. The number of nitrogens with one attached hydrogen (secondary N) is 1. The Bertz CT molecular complexity index is 332. The lowest BCUT2D eigenvalue weighted by Gasteiger charge is -2.25. The zero-order chi connectivity index (χ0) is 12.7. The molecule has 1 N–H and O–H groups in total. The van der Waals surface area contributed by atoms with Gasteiger partial charge >= 0.3 is 0 Å². The molecule has 0 spiro atoms. The van der Waals surface area contributed by atoms with Crippen LogP contribution in [0.15, 0.2) is 12.4 Å². The van der Waals surface area contributed by atoms with Gasteiger partial charge in [-0.15, -0.1) is 0 Å². The molecule has 0 aliphatic carbocycles. The van der Waals surface area contributed by atoms with Gasteiger partial charge in [0.05, 0.1) is 25.0 Å². The van der Waals surface area contributed by atoms with E-state index >= 15 is 0 Å². The summed E-state index contributed by atoms with van der Waals surface area (Å²) in [6.07, 6.45) is 4.58. The second-order valence-corrected chi connectivity index (χ2v) is 4.10. The number of nitrogens with zero attached hydrogens (tertiary/aromatic N) is 3. The molecular formula is C12H22N4O. The molecule has 1 unspecified atom stereocenters. The van der Waals surface area contributed by atoms with Crippen molar-refractivity contribution in [3.63, 3.8) is 0 Å². The Kier molecular flexibility index (Phi) is 5.69. The van der Waals surface area contributed by atoms with E-state index in [1.54, 1.807) is 19.5 Å². The van der Waals surface area contributed by atoms with E-state index < -0.39 is 0 Å². The van der Waals surface area contributed by atoms with E-state index in [4.69, 9.17) is 4.74 Å². The molecule has 5 nitrogen and oxygen atoms in total. The molecule has 0 saturated heterocycles. The van der Waals surface area contributed by atoms with Gasteiger partial charge in [0.1, 0.15) is 11.6 Å². The van der Waals surface area contributed by atoms with Gasteiger partial charge in [-0.25, -0.2) is 4.98 Å². The molecule has 0 saturated carbocycles. The predicted molar refractivity (Wildman–Crippen MR) is 70.6 cm³/mol. The quantitative estimate of drug-likeness (QED) is 0.784. The molecule has 0 fully saturated rings. The Morgan fingerprint density at radius 3 is 2.88 bits per heavy atom. The summed E-state index contributed by atoms with van der Waals surface area (Å²) in [6, 6.07) is 0.274. The lowest BCUT2D eigenvalue weighted by atomic mass is 10.3. The summed E-state index contributed by atoms with van der Waals surface area (Å²) in [6.45, 7) is 5.80. The Hall–Kier alpha value is -1.36. The second kappa shape index (κ2) is 7.06. The first kappa shape index (κ1) is 13.7. The maximum atomic E-state index is 5.14. The van der Waals surface area contributed by atoms with Crippen LogP contribution in [0, 0.1) is 0 Å². The highest BCUT2D eigenvalue weighted by Gasteiger charge is 2.11. The van der Waals surface area contributed by atoms with Crippen molar-refractivity contribution in [2.45, 2.75) is 26.3 Å². The number of rotatable bonds is 7. The van der Waals surface area contributed by atoms with Gasteiger partial charge in [0, 0.05) is 20.7 Å². The maximum absolute atomic E-state index is 5.14. The van der Waals surface area contributed by atoms with Gasteiger partial charge in [0.25, 0.3) is 0 Å². The van der Waals surface area contributed by atoms with E-state index in [1.807, 2.05) is 7.05 Å². The van der Waals surface area contributed by atoms with E-state index in [2.05, 4.69) is 34.0 Å². The first-order valence-electron chi connectivity index (χ1n) is 5.96. The summed E-state index contributed by atoms with van der Waals surface area (Å²) < 4.78 is 5.14. The third kappa shape index (κ3) is 4.19. The summed E-state index contributed by atoms with van der Waals surface area (Å²) in [5.41, 5.74) is 0. The molecule has 0 aliphatic rings. The van der Waals surface area contributed by atoms with Crippen LogP contribution in [0.5, 0.6) is 0 Å². The van der Waals surface area contributed by atoms with Gasteiger partial charge in [-0.2, -0.15) is 0 Å². The first-order chi connectivity index (χ1) is 8.19. The molecular weight excluding hydrogens is 216 g/mol. The predicted octanol–water partition coefficient (Wildman–Crippen LogP) is 1.77. The van der Waals surface area contributed by atoms with Gasteiger partial charge in [0.2, 0.25) is 0 Å². The Balaban J connectivity index is 2.69. The lowest BCUT2D eigenvalue weighted by Crippen LogP contribution is -2.33. The highest BCUT2D eigenvalue weighted by atomic mass is 16.5. The minimum atomic E-state index is 0.274. The second-order valence-electron chi connectivity index (χ2n) is 4.10. The van der Waals surface area contributed by atoms with Crippen LogP contribution in [-0.4, -0.2) is 43.3 Å². The summed E-state index contributed by atoms with van der Waals surface area (Å²) in [5.74, 6) is 1.68. The molecule has 0 aliphatic heterocycles. The van der Waals surface area contributed by atoms with Gasteiger partial charge in [0.15, 0.2) is 0 Å². The van der Waals surface area contributed by atoms with Crippen LogP contribution in [0.2, 0.25) is 0 Å². The smallest absolute Gasteiger partial charge is 0.149 e. The van der Waals surface area contributed by atoms with Gasteiger partial charge < -0.3 is 15.0 Å². The fourth-order valence-electron chi connectivity index (χ4n) is 1.44. The highest BCUT2D eigenvalue weighted by molar-refractivity contribution is 5.43. The molecule has 1 rings (SSSR count). The van der Waals surface area contributed by atoms with Crippen LogP contribution in [0.25, 0.3) is 0 Å². The van der Waals surface area contributed by atoms with Crippen molar-refractivity contribution in [2.24, 2.45) is 0 Å². The van der Waals surface area contributed by atoms with Crippen molar-refractivity contribution >= 4 is 11.6 Å². The van der Waals surface area contributed by atoms with Crippen LogP contribution in [0.4, 0.5) is 11.6 Å². The minimum Gasteiger partial charge on any atom is -0.383 e. The fraction of sp³-hybridized carbons (Fsp3) is 0.667. The van der Waals surface area contributed by atoms with Gasteiger partial charge in [-0.3, -0.25) is 4.98 Å². The van der Waals surface area contributed by atoms with Crippen LogP contribution in [-0.2, 0) is 4.74 Å². The molecule has 0 radical (unpaired) electrons. The molecule has 17 heavy (non-hydrogen) atoms. The maximum Gasteiger partial charge on any atom is 0.149 e. The fourth-order valence-corrected chi connectivity index (χ4v) is 1.44. The Morgan fingerprint density at radius 1 is 1.47 bits per heavy atom. The molecule has 0 bridgehead atoms. The first-order valence-corrected chi connectivity index (χ1v) is 5.96. The van der Waals surface area contributed by atoms with Crippen molar-refractivity contribution in [1.29, 1.82) is 0 Å². The van der Waals surface area contributed by atoms with Crippen LogP contribution in [0.3, 0.4) is 0 Å². The number of likely N-dealkylation sites (N-methyl/N-ethyl adjacent to an activating group) is 1. The van der Waals surface area contributed by atoms with E-state index in [0.717, 1.165) is 24.6 Å². The van der Waals surface area contributed by atoms with Crippen molar-refractivity contribution in [1.82, 2.24) is 9.97 Å². The minimum absolute atomic E-state index is 0.274. The summed E-state index contributed by atoms with van der Waals surface area (Å²) in [5, 5.41) is 3.23. The molecule has 5 heteroatoms. The van der Waals surface area contributed by atoms with Crippen molar-refractivity contribution < 1.29 is 4.74 Å². The standard InChI is InChI=1S/C12H22N4O/c1-5-6-14-11-7-13-8-12(15-11)16(3)10(2)9-17-4/h7-8,10H,5-6,9H2,1-4H3,(H,14,15). The van der Waals surface area contributed by atoms with Crippen molar-refractivity contribution in [3.05, 3.63) is 12.4 Å².